The average Bonchev–Trinajstić information content (AvgIpc) is 2.81. The molecule has 0 unspecified atom stereocenters. The third-order valence-corrected chi connectivity index (χ3v) is 4.22. The molecule has 0 saturated carbocycles. The van der Waals surface area contributed by atoms with Crippen LogP contribution in [0.4, 0.5) is 5.95 Å². The fourth-order valence-corrected chi connectivity index (χ4v) is 2.92. The maximum absolute atomic E-state index is 12.7. The van der Waals surface area contributed by atoms with Crippen LogP contribution in [0.1, 0.15) is 28.2 Å². The van der Waals surface area contributed by atoms with Crippen LogP contribution in [0.3, 0.4) is 0 Å². The van der Waals surface area contributed by atoms with Gasteiger partial charge in [0.2, 0.25) is 5.95 Å². The largest absolute Gasteiger partial charge is 0.368 e. The van der Waals surface area contributed by atoms with E-state index in [0.717, 1.165) is 38.3 Å². The lowest BCUT2D eigenvalue weighted by Gasteiger charge is -2.22. The molecule has 0 atom stereocenters. The molecule has 1 saturated heterocycles. The molecule has 7 heteroatoms. The van der Waals surface area contributed by atoms with Gasteiger partial charge in [-0.3, -0.25) is 14.7 Å². The molecule has 3 rings (SSSR count). The first kappa shape index (κ1) is 16.3. The van der Waals surface area contributed by atoms with E-state index >= 15 is 0 Å². The van der Waals surface area contributed by atoms with Crippen LogP contribution in [0.2, 0.25) is 0 Å². The molecule has 3 heterocycles. The normalized spacial score (nSPS) is 16.0. The number of nitrogens with two attached hydrogens (primary N) is 1. The van der Waals surface area contributed by atoms with Gasteiger partial charge in [0, 0.05) is 45.1 Å². The van der Waals surface area contributed by atoms with E-state index in [1.54, 1.807) is 6.92 Å². The third kappa shape index (κ3) is 3.86. The Hall–Kier alpha value is -2.54. The SMILES string of the molecule is Cc1nc(N)ncc1C(=O)N1CCCN(Cc2ccccn2)CC1. The Labute approximate surface area is 141 Å². The molecule has 1 amide bonds. The summed E-state index contributed by atoms with van der Waals surface area (Å²) in [6.07, 6.45) is 4.27. The monoisotopic (exact) mass is 326 g/mol. The first-order valence-corrected chi connectivity index (χ1v) is 8.14. The highest BCUT2D eigenvalue weighted by Crippen LogP contribution is 2.13. The minimum absolute atomic E-state index is 0.0211. The van der Waals surface area contributed by atoms with Gasteiger partial charge < -0.3 is 10.6 Å². The summed E-state index contributed by atoms with van der Waals surface area (Å²) in [5.74, 6) is 0.175. The van der Waals surface area contributed by atoms with Gasteiger partial charge in [-0.05, 0) is 25.5 Å². The fraction of sp³-hybridized carbons (Fsp3) is 0.412. The van der Waals surface area contributed by atoms with E-state index in [9.17, 15) is 4.79 Å². The van der Waals surface area contributed by atoms with E-state index in [-0.39, 0.29) is 11.9 Å². The number of carbonyl (C=O) groups excluding carboxylic acids is 1. The lowest BCUT2D eigenvalue weighted by atomic mass is 10.2. The summed E-state index contributed by atoms with van der Waals surface area (Å²) in [5, 5.41) is 0. The molecule has 0 aromatic carbocycles. The zero-order chi connectivity index (χ0) is 16.9. The van der Waals surface area contributed by atoms with Crippen LogP contribution < -0.4 is 5.73 Å². The fourth-order valence-electron chi connectivity index (χ4n) is 2.92. The van der Waals surface area contributed by atoms with Crippen molar-refractivity contribution in [1.82, 2.24) is 24.8 Å². The molecular weight excluding hydrogens is 304 g/mol. The topological polar surface area (TPSA) is 88.2 Å². The molecule has 2 aromatic rings. The van der Waals surface area contributed by atoms with Gasteiger partial charge >= 0.3 is 0 Å². The maximum atomic E-state index is 12.7. The average molecular weight is 326 g/mol. The molecule has 0 spiro atoms. The third-order valence-electron chi connectivity index (χ3n) is 4.22. The van der Waals surface area contributed by atoms with Crippen molar-refractivity contribution in [1.29, 1.82) is 0 Å². The molecule has 0 aliphatic carbocycles. The minimum atomic E-state index is -0.0211. The lowest BCUT2D eigenvalue weighted by molar-refractivity contribution is 0.0759. The van der Waals surface area contributed by atoms with Crippen molar-refractivity contribution in [2.45, 2.75) is 19.9 Å². The molecule has 126 valence electrons. The number of carbonyl (C=O) groups is 1. The van der Waals surface area contributed by atoms with Crippen molar-refractivity contribution in [3.05, 3.63) is 47.5 Å². The van der Waals surface area contributed by atoms with Crippen LogP contribution in [-0.2, 0) is 6.54 Å². The van der Waals surface area contributed by atoms with Gasteiger partial charge in [-0.25, -0.2) is 9.97 Å². The summed E-state index contributed by atoms with van der Waals surface area (Å²) in [5.41, 5.74) is 7.78. The Bertz CT molecular complexity index is 705. The second-order valence-electron chi connectivity index (χ2n) is 5.97. The van der Waals surface area contributed by atoms with Crippen molar-refractivity contribution in [3.8, 4) is 0 Å². The van der Waals surface area contributed by atoms with Gasteiger partial charge in [0.25, 0.3) is 5.91 Å². The van der Waals surface area contributed by atoms with Gasteiger partial charge in [0.15, 0.2) is 0 Å². The summed E-state index contributed by atoms with van der Waals surface area (Å²) >= 11 is 0. The highest BCUT2D eigenvalue weighted by Gasteiger charge is 2.22. The molecular formula is C17H22N6O. The van der Waals surface area contributed by atoms with Gasteiger partial charge in [0.05, 0.1) is 17.0 Å². The predicted octanol–water partition coefficient (Wildman–Crippen LogP) is 1.11. The van der Waals surface area contributed by atoms with Crippen LogP contribution in [0.25, 0.3) is 0 Å². The summed E-state index contributed by atoms with van der Waals surface area (Å²) in [4.78, 5) is 29.3. The van der Waals surface area contributed by atoms with E-state index in [0.29, 0.717) is 17.8 Å². The Balaban J connectivity index is 1.63. The Morgan fingerprint density at radius 2 is 2.08 bits per heavy atom. The Morgan fingerprint density at radius 1 is 1.21 bits per heavy atom. The number of pyridine rings is 1. The summed E-state index contributed by atoms with van der Waals surface area (Å²) < 4.78 is 0. The quantitative estimate of drug-likeness (QED) is 0.909. The Kier molecular flexibility index (Phi) is 5.00. The van der Waals surface area contributed by atoms with E-state index < -0.39 is 0 Å². The smallest absolute Gasteiger partial charge is 0.257 e. The van der Waals surface area contributed by atoms with Gasteiger partial charge in [-0.1, -0.05) is 6.07 Å². The second-order valence-corrected chi connectivity index (χ2v) is 5.97. The standard InChI is InChI=1S/C17H22N6O/c1-13-15(11-20-17(18)21-13)16(24)23-8-4-7-22(9-10-23)12-14-5-2-3-6-19-14/h2-3,5-6,11H,4,7-10,12H2,1H3,(H2,18,20,21). The molecule has 2 aromatic heterocycles. The maximum Gasteiger partial charge on any atom is 0.257 e. The molecule has 0 radical (unpaired) electrons. The number of rotatable bonds is 3. The van der Waals surface area contributed by atoms with Crippen LogP contribution >= 0.6 is 0 Å². The van der Waals surface area contributed by atoms with Crippen LogP contribution in [0.5, 0.6) is 0 Å². The predicted molar refractivity (Wildman–Crippen MR) is 91.2 cm³/mol. The van der Waals surface area contributed by atoms with Crippen molar-refractivity contribution in [3.63, 3.8) is 0 Å². The molecule has 1 aliphatic heterocycles. The van der Waals surface area contributed by atoms with Crippen molar-refractivity contribution < 1.29 is 4.79 Å². The van der Waals surface area contributed by atoms with Crippen LogP contribution in [-0.4, -0.2) is 56.8 Å². The number of nitrogen functional groups attached to an aromatic ring is 1. The van der Waals surface area contributed by atoms with E-state index in [2.05, 4.69) is 19.9 Å². The zero-order valence-electron chi connectivity index (χ0n) is 13.9. The molecule has 2 N–H and O–H groups in total. The minimum Gasteiger partial charge on any atom is -0.368 e. The number of hydrogen-bond donors (Lipinski definition) is 1. The van der Waals surface area contributed by atoms with Gasteiger partial charge in [-0.15, -0.1) is 0 Å². The zero-order valence-corrected chi connectivity index (χ0v) is 13.9. The van der Waals surface area contributed by atoms with Crippen molar-refractivity contribution in [2.75, 3.05) is 31.9 Å². The molecule has 0 bridgehead atoms. The van der Waals surface area contributed by atoms with Gasteiger partial charge in [0.1, 0.15) is 0 Å². The number of aryl methyl sites for hydroxylation is 1. The number of amides is 1. The number of aromatic nitrogens is 3. The summed E-state index contributed by atoms with van der Waals surface area (Å²) in [6, 6.07) is 5.95. The first-order valence-electron chi connectivity index (χ1n) is 8.14. The van der Waals surface area contributed by atoms with Crippen molar-refractivity contribution >= 4 is 11.9 Å². The molecule has 24 heavy (non-hydrogen) atoms. The lowest BCUT2D eigenvalue weighted by Crippen LogP contribution is -2.35. The van der Waals surface area contributed by atoms with E-state index in [1.807, 2.05) is 29.3 Å². The molecule has 1 fully saturated rings. The first-order chi connectivity index (χ1) is 11.6. The second kappa shape index (κ2) is 7.35. The number of hydrogen-bond acceptors (Lipinski definition) is 6. The van der Waals surface area contributed by atoms with E-state index in [4.69, 9.17) is 5.73 Å². The van der Waals surface area contributed by atoms with Gasteiger partial charge in [-0.2, -0.15) is 0 Å². The summed E-state index contributed by atoms with van der Waals surface area (Å²) in [7, 11) is 0. The highest BCUT2D eigenvalue weighted by molar-refractivity contribution is 5.95. The highest BCUT2D eigenvalue weighted by atomic mass is 16.2. The number of anilines is 1. The molecule has 1 aliphatic rings. The van der Waals surface area contributed by atoms with E-state index in [1.165, 1.54) is 6.20 Å². The summed E-state index contributed by atoms with van der Waals surface area (Å²) in [6.45, 7) is 5.81. The van der Waals surface area contributed by atoms with Crippen LogP contribution in [0, 0.1) is 6.92 Å². The van der Waals surface area contributed by atoms with Crippen molar-refractivity contribution in [2.24, 2.45) is 0 Å². The number of nitrogens with zero attached hydrogens (tertiary/aromatic N) is 5. The van der Waals surface area contributed by atoms with Crippen LogP contribution in [0.15, 0.2) is 30.6 Å². The Morgan fingerprint density at radius 3 is 2.83 bits per heavy atom. The molecule has 7 nitrogen and oxygen atoms in total.